The Bertz CT molecular complexity index is 1140. The van der Waals surface area contributed by atoms with E-state index in [1.54, 1.807) is 17.8 Å². The van der Waals surface area contributed by atoms with Crippen molar-refractivity contribution in [1.29, 1.82) is 0 Å². The van der Waals surface area contributed by atoms with Crippen molar-refractivity contribution in [2.45, 2.75) is 45.2 Å². The summed E-state index contributed by atoms with van der Waals surface area (Å²) in [4.78, 5) is 16.4. The third-order valence-corrected chi connectivity index (χ3v) is 7.28. The fourth-order valence-electron chi connectivity index (χ4n) is 4.63. The highest BCUT2D eigenvalue weighted by atomic mass is 16.5. The second-order valence-electron chi connectivity index (χ2n) is 8.98. The van der Waals surface area contributed by atoms with E-state index in [2.05, 4.69) is 41.5 Å². The zero-order chi connectivity index (χ0) is 22.4. The highest BCUT2D eigenvalue weighted by molar-refractivity contribution is 6.02. The summed E-state index contributed by atoms with van der Waals surface area (Å²) in [6, 6.07) is 5.96. The summed E-state index contributed by atoms with van der Waals surface area (Å²) >= 11 is 0. The van der Waals surface area contributed by atoms with Crippen molar-refractivity contribution in [2.24, 2.45) is 11.1 Å². The molecule has 1 unspecified atom stereocenters. The van der Waals surface area contributed by atoms with Gasteiger partial charge in [0.2, 0.25) is 5.88 Å². The molecule has 1 aliphatic carbocycles. The van der Waals surface area contributed by atoms with Crippen LogP contribution in [0.1, 0.15) is 44.0 Å². The summed E-state index contributed by atoms with van der Waals surface area (Å²) in [5.41, 5.74) is 9.46. The van der Waals surface area contributed by atoms with Crippen molar-refractivity contribution in [1.82, 2.24) is 19.9 Å². The number of methoxy groups -OCH3 is 1. The first-order valence-electron chi connectivity index (χ1n) is 10.5. The molecule has 1 saturated carbocycles. The monoisotopic (exact) mass is 422 g/mol. The summed E-state index contributed by atoms with van der Waals surface area (Å²) in [6.45, 7) is 6.75. The van der Waals surface area contributed by atoms with Crippen molar-refractivity contribution in [2.75, 3.05) is 19.5 Å². The summed E-state index contributed by atoms with van der Waals surface area (Å²) < 4.78 is 7.03. The van der Waals surface area contributed by atoms with Gasteiger partial charge in [-0.3, -0.25) is 4.79 Å². The van der Waals surface area contributed by atoms with Crippen molar-refractivity contribution in [3.63, 3.8) is 0 Å². The molecule has 8 nitrogen and oxygen atoms in total. The molecule has 8 heteroatoms. The Morgan fingerprint density at radius 2 is 2.06 bits per heavy atom. The minimum atomic E-state index is -0.502. The smallest absolute Gasteiger partial charge is 0.252 e. The number of hydrogen-bond acceptors (Lipinski definition) is 6. The van der Waals surface area contributed by atoms with Crippen LogP contribution in [0, 0.1) is 5.41 Å². The quantitative estimate of drug-likeness (QED) is 0.564. The van der Waals surface area contributed by atoms with Crippen molar-refractivity contribution in [3.8, 4) is 17.0 Å². The SMILES string of the molecule is CNC1(C)CC[C@@H](Nc2c(C(N)=O)cnn3cc(-c4ccnc(OC)c4)cc23)C1(C)C. The Morgan fingerprint density at radius 3 is 2.71 bits per heavy atom. The van der Waals surface area contributed by atoms with Crippen LogP contribution in [0.4, 0.5) is 5.69 Å². The van der Waals surface area contributed by atoms with Gasteiger partial charge in [0, 0.05) is 41.0 Å². The normalized spacial score (nSPS) is 22.5. The standard InChI is InChI=1S/C23H30N6O2/c1-22(2)18(6-8-23(22,3)25-4)28-20-16(21(24)30)12-27-29-13-15(10-17(20)29)14-7-9-26-19(11-14)31-5/h7,9-13,18,25,28H,6,8H2,1-5H3,(H2,24,30)/t18-,23?/m1/s1. The number of nitrogens with two attached hydrogens (primary N) is 1. The number of carbonyl (C=O) groups is 1. The molecule has 3 aromatic heterocycles. The Kier molecular flexibility index (Phi) is 5.13. The van der Waals surface area contributed by atoms with E-state index in [1.165, 1.54) is 6.20 Å². The number of nitrogens with one attached hydrogen (secondary N) is 2. The van der Waals surface area contributed by atoms with Gasteiger partial charge in [-0.2, -0.15) is 5.10 Å². The predicted molar refractivity (Wildman–Crippen MR) is 121 cm³/mol. The number of carbonyl (C=O) groups excluding carboxylic acids is 1. The third-order valence-electron chi connectivity index (χ3n) is 7.28. The lowest BCUT2D eigenvalue weighted by Crippen LogP contribution is -2.53. The molecule has 0 bridgehead atoms. The van der Waals surface area contributed by atoms with Crippen LogP contribution in [0.3, 0.4) is 0 Å². The molecule has 2 atom stereocenters. The fourth-order valence-corrected chi connectivity index (χ4v) is 4.63. The maximum atomic E-state index is 12.2. The second kappa shape index (κ2) is 7.53. The van der Waals surface area contributed by atoms with E-state index in [-0.39, 0.29) is 17.0 Å². The number of aromatic nitrogens is 3. The van der Waals surface area contributed by atoms with Gasteiger partial charge in [0.05, 0.1) is 30.1 Å². The van der Waals surface area contributed by atoms with E-state index < -0.39 is 5.91 Å². The van der Waals surface area contributed by atoms with Crippen LogP contribution in [-0.4, -0.2) is 46.2 Å². The van der Waals surface area contributed by atoms with Gasteiger partial charge in [0.25, 0.3) is 5.91 Å². The lowest BCUT2D eigenvalue weighted by molar-refractivity contribution is 0.100. The molecule has 0 spiro atoms. The molecule has 1 amide bonds. The highest BCUT2D eigenvalue weighted by Gasteiger charge is 2.51. The number of ether oxygens (including phenoxy) is 1. The van der Waals surface area contributed by atoms with E-state index in [9.17, 15) is 4.79 Å². The molecule has 1 fully saturated rings. The van der Waals surface area contributed by atoms with Gasteiger partial charge in [-0.1, -0.05) is 13.8 Å². The van der Waals surface area contributed by atoms with Gasteiger partial charge in [-0.15, -0.1) is 0 Å². The van der Waals surface area contributed by atoms with Gasteiger partial charge in [-0.05, 0) is 44.5 Å². The average molecular weight is 423 g/mol. The second-order valence-corrected chi connectivity index (χ2v) is 8.98. The molecule has 1 aliphatic rings. The molecular weight excluding hydrogens is 392 g/mol. The first-order valence-corrected chi connectivity index (χ1v) is 10.5. The summed E-state index contributed by atoms with van der Waals surface area (Å²) in [5.74, 6) is 0.0361. The molecular formula is C23H30N6O2. The largest absolute Gasteiger partial charge is 0.481 e. The van der Waals surface area contributed by atoms with Gasteiger partial charge in [0.1, 0.15) is 0 Å². The topological polar surface area (TPSA) is 107 Å². The average Bonchev–Trinajstić information content (AvgIpc) is 3.29. The zero-order valence-corrected chi connectivity index (χ0v) is 18.7. The van der Waals surface area contributed by atoms with E-state index in [4.69, 9.17) is 10.5 Å². The van der Waals surface area contributed by atoms with Crippen LogP contribution in [0.15, 0.2) is 36.8 Å². The number of pyridine rings is 1. The van der Waals surface area contributed by atoms with Gasteiger partial charge in [0.15, 0.2) is 0 Å². The lowest BCUT2D eigenvalue weighted by atomic mass is 9.74. The van der Waals surface area contributed by atoms with Crippen LogP contribution >= 0.6 is 0 Å². The number of fused-ring (bicyclic) bond motifs is 1. The highest BCUT2D eigenvalue weighted by Crippen LogP contribution is 2.47. The van der Waals surface area contributed by atoms with E-state index in [0.717, 1.165) is 29.5 Å². The number of amides is 1. The molecule has 0 aromatic carbocycles. The number of anilines is 1. The molecule has 3 heterocycles. The summed E-state index contributed by atoms with van der Waals surface area (Å²) in [7, 11) is 3.60. The fraction of sp³-hybridized carbons (Fsp3) is 0.435. The van der Waals surface area contributed by atoms with Crippen LogP contribution in [-0.2, 0) is 0 Å². The number of primary amides is 1. The Labute approximate surface area is 182 Å². The molecule has 164 valence electrons. The van der Waals surface area contributed by atoms with E-state index in [0.29, 0.717) is 17.1 Å². The van der Waals surface area contributed by atoms with Gasteiger partial charge < -0.3 is 21.1 Å². The summed E-state index contributed by atoms with van der Waals surface area (Å²) in [6.07, 6.45) is 7.18. The van der Waals surface area contributed by atoms with Crippen molar-refractivity contribution < 1.29 is 9.53 Å². The van der Waals surface area contributed by atoms with Gasteiger partial charge >= 0.3 is 0 Å². The van der Waals surface area contributed by atoms with Crippen LogP contribution in [0.2, 0.25) is 0 Å². The Balaban J connectivity index is 1.81. The van der Waals surface area contributed by atoms with E-state index >= 15 is 0 Å². The maximum Gasteiger partial charge on any atom is 0.252 e. The molecule has 31 heavy (non-hydrogen) atoms. The van der Waals surface area contributed by atoms with Crippen LogP contribution < -0.4 is 21.1 Å². The van der Waals surface area contributed by atoms with Crippen molar-refractivity contribution in [3.05, 3.63) is 42.4 Å². The van der Waals surface area contributed by atoms with Crippen molar-refractivity contribution >= 4 is 17.1 Å². The minimum absolute atomic E-state index is 0.0123. The third kappa shape index (κ3) is 3.40. The molecule has 0 aliphatic heterocycles. The van der Waals surface area contributed by atoms with E-state index in [1.807, 2.05) is 31.4 Å². The summed E-state index contributed by atoms with van der Waals surface area (Å²) in [5, 5.41) is 11.6. The molecule has 0 radical (unpaired) electrons. The molecule has 4 rings (SSSR count). The van der Waals surface area contributed by atoms with Crippen LogP contribution in [0.25, 0.3) is 16.6 Å². The number of hydrogen-bond donors (Lipinski definition) is 3. The maximum absolute atomic E-state index is 12.2. The first kappa shape index (κ1) is 21.1. The Hall–Kier alpha value is -3.13. The van der Waals surface area contributed by atoms with Crippen LogP contribution in [0.5, 0.6) is 5.88 Å². The lowest BCUT2D eigenvalue weighted by Gasteiger charge is -2.42. The minimum Gasteiger partial charge on any atom is -0.481 e. The zero-order valence-electron chi connectivity index (χ0n) is 18.7. The van der Waals surface area contributed by atoms with Gasteiger partial charge in [-0.25, -0.2) is 9.50 Å². The predicted octanol–water partition coefficient (Wildman–Crippen LogP) is 3.08. The Morgan fingerprint density at radius 1 is 1.29 bits per heavy atom. The first-order chi connectivity index (χ1) is 14.7. The number of nitrogens with zero attached hydrogens (tertiary/aromatic N) is 3. The number of rotatable bonds is 6. The molecule has 4 N–H and O–H groups in total. The molecule has 0 saturated heterocycles. The molecule has 3 aromatic rings.